The Bertz CT molecular complexity index is 482. The van der Waals surface area contributed by atoms with Gasteiger partial charge in [0.25, 0.3) is 0 Å². The Morgan fingerprint density at radius 1 is 1.44 bits per heavy atom. The van der Waals surface area contributed by atoms with Gasteiger partial charge < -0.3 is 10.2 Å². The van der Waals surface area contributed by atoms with Gasteiger partial charge in [0.05, 0.1) is 6.54 Å². The average molecular weight is 261 g/mol. The predicted octanol–water partition coefficient (Wildman–Crippen LogP) is 3.06. The minimum absolute atomic E-state index is 0.349. The fraction of sp³-hybridized carbons (Fsp3) is 0.357. The summed E-state index contributed by atoms with van der Waals surface area (Å²) < 4.78 is 0. The van der Waals surface area contributed by atoms with E-state index in [1.807, 2.05) is 13.2 Å². The summed E-state index contributed by atoms with van der Waals surface area (Å²) >= 11 is 1.78. The molecule has 3 nitrogen and oxygen atoms in total. The van der Waals surface area contributed by atoms with Crippen molar-refractivity contribution < 1.29 is 0 Å². The SMILES string of the molecule is CNC(C)c1ccnc(N(C)Cc2cccs2)c1. The zero-order valence-electron chi connectivity index (χ0n) is 11.1. The molecule has 0 aromatic carbocycles. The standard InChI is InChI=1S/C14H19N3S/c1-11(15-2)12-6-7-16-14(9-12)17(3)10-13-5-4-8-18-13/h4-9,11,15H,10H2,1-3H3. The lowest BCUT2D eigenvalue weighted by Gasteiger charge is -2.19. The normalized spacial score (nSPS) is 12.4. The van der Waals surface area contributed by atoms with Gasteiger partial charge >= 0.3 is 0 Å². The Labute approximate surface area is 112 Å². The zero-order chi connectivity index (χ0) is 13.0. The molecule has 2 rings (SSSR count). The van der Waals surface area contributed by atoms with Gasteiger partial charge in [-0.3, -0.25) is 0 Å². The van der Waals surface area contributed by atoms with Gasteiger partial charge in [-0.2, -0.15) is 0 Å². The summed E-state index contributed by atoms with van der Waals surface area (Å²) in [5.41, 5.74) is 1.26. The van der Waals surface area contributed by atoms with Crippen molar-refractivity contribution in [1.82, 2.24) is 10.3 Å². The van der Waals surface area contributed by atoms with Crippen molar-refractivity contribution in [3.8, 4) is 0 Å². The van der Waals surface area contributed by atoms with E-state index in [-0.39, 0.29) is 0 Å². The summed E-state index contributed by atoms with van der Waals surface area (Å²) in [5.74, 6) is 1.02. The van der Waals surface area contributed by atoms with Crippen LogP contribution in [0, 0.1) is 0 Å². The highest BCUT2D eigenvalue weighted by molar-refractivity contribution is 7.09. The van der Waals surface area contributed by atoms with Crippen molar-refractivity contribution in [3.63, 3.8) is 0 Å². The number of nitrogens with zero attached hydrogens (tertiary/aromatic N) is 2. The van der Waals surface area contributed by atoms with Gasteiger partial charge in [-0.25, -0.2) is 4.98 Å². The van der Waals surface area contributed by atoms with E-state index in [2.05, 4.69) is 58.8 Å². The topological polar surface area (TPSA) is 28.2 Å². The van der Waals surface area contributed by atoms with Crippen LogP contribution in [0.2, 0.25) is 0 Å². The van der Waals surface area contributed by atoms with E-state index < -0.39 is 0 Å². The number of thiophene rings is 1. The van der Waals surface area contributed by atoms with E-state index in [1.165, 1.54) is 10.4 Å². The first kappa shape index (κ1) is 13.1. The Kier molecular flexibility index (Phi) is 4.33. The van der Waals surface area contributed by atoms with Crippen LogP contribution in [0.15, 0.2) is 35.8 Å². The average Bonchev–Trinajstić information content (AvgIpc) is 2.90. The molecule has 96 valence electrons. The molecule has 0 radical (unpaired) electrons. The Balaban J connectivity index is 2.12. The Morgan fingerprint density at radius 3 is 2.94 bits per heavy atom. The van der Waals surface area contributed by atoms with Gasteiger partial charge in [0, 0.05) is 24.2 Å². The van der Waals surface area contributed by atoms with Crippen molar-refractivity contribution in [2.45, 2.75) is 19.5 Å². The number of rotatable bonds is 5. The van der Waals surface area contributed by atoms with E-state index in [0.717, 1.165) is 12.4 Å². The Morgan fingerprint density at radius 2 is 2.28 bits per heavy atom. The van der Waals surface area contributed by atoms with Crippen molar-refractivity contribution >= 4 is 17.2 Å². The molecule has 0 saturated carbocycles. The second-order valence-electron chi connectivity index (χ2n) is 4.39. The molecule has 2 aromatic heterocycles. The van der Waals surface area contributed by atoms with Crippen LogP contribution in [-0.4, -0.2) is 19.1 Å². The Hall–Kier alpha value is -1.39. The molecule has 0 amide bonds. The molecule has 4 heteroatoms. The van der Waals surface area contributed by atoms with Crippen molar-refractivity contribution in [2.24, 2.45) is 0 Å². The number of pyridine rings is 1. The summed E-state index contributed by atoms with van der Waals surface area (Å²) in [6.07, 6.45) is 1.88. The summed E-state index contributed by atoms with van der Waals surface area (Å²) in [6, 6.07) is 8.79. The van der Waals surface area contributed by atoms with E-state index in [9.17, 15) is 0 Å². The largest absolute Gasteiger partial charge is 0.355 e. The van der Waals surface area contributed by atoms with Crippen molar-refractivity contribution in [3.05, 3.63) is 46.3 Å². The van der Waals surface area contributed by atoms with Crippen molar-refractivity contribution in [2.75, 3.05) is 19.0 Å². The number of anilines is 1. The molecule has 1 unspecified atom stereocenters. The first-order valence-electron chi connectivity index (χ1n) is 6.07. The lowest BCUT2D eigenvalue weighted by Crippen LogP contribution is -2.18. The van der Waals surface area contributed by atoms with Gasteiger partial charge in [-0.1, -0.05) is 6.07 Å². The first-order chi connectivity index (χ1) is 8.70. The second-order valence-corrected chi connectivity index (χ2v) is 5.43. The van der Waals surface area contributed by atoms with E-state index in [1.54, 1.807) is 11.3 Å². The number of aromatic nitrogens is 1. The molecule has 0 fully saturated rings. The minimum Gasteiger partial charge on any atom is -0.355 e. The molecule has 0 aliphatic rings. The van der Waals surface area contributed by atoms with Crippen LogP contribution in [0.1, 0.15) is 23.4 Å². The number of hydrogen-bond acceptors (Lipinski definition) is 4. The summed E-state index contributed by atoms with van der Waals surface area (Å²) in [7, 11) is 4.05. The molecule has 2 aromatic rings. The van der Waals surface area contributed by atoms with E-state index >= 15 is 0 Å². The molecule has 1 N–H and O–H groups in total. The molecule has 0 bridgehead atoms. The predicted molar refractivity (Wildman–Crippen MR) is 78.1 cm³/mol. The molecule has 0 aliphatic carbocycles. The van der Waals surface area contributed by atoms with Crippen LogP contribution >= 0.6 is 11.3 Å². The van der Waals surface area contributed by atoms with Crippen LogP contribution < -0.4 is 10.2 Å². The lowest BCUT2D eigenvalue weighted by atomic mass is 10.1. The smallest absolute Gasteiger partial charge is 0.128 e. The van der Waals surface area contributed by atoms with Crippen LogP contribution in [0.25, 0.3) is 0 Å². The van der Waals surface area contributed by atoms with Crippen LogP contribution in [-0.2, 0) is 6.54 Å². The molecule has 2 heterocycles. The fourth-order valence-electron chi connectivity index (χ4n) is 1.80. The van der Waals surface area contributed by atoms with Gasteiger partial charge in [-0.15, -0.1) is 11.3 Å². The third-order valence-electron chi connectivity index (χ3n) is 3.07. The highest BCUT2D eigenvalue weighted by atomic mass is 32.1. The monoisotopic (exact) mass is 261 g/mol. The van der Waals surface area contributed by atoms with Crippen LogP contribution in [0.5, 0.6) is 0 Å². The fourth-order valence-corrected chi connectivity index (χ4v) is 2.55. The van der Waals surface area contributed by atoms with Crippen LogP contribution in [0.3, 0.4) is 0 Å². The molecule has 0 saturated heterocycles. The minimum atomic E-state index is 0.349. The molecule has 18 heavy (non-hydrogen) atoms. The first-order valence-corrected chi connectivity index (χ1v) is 6.95. The van der Waals surface area contributed by atoms with E-state index in [4.69, 9.17) is 0 Å². The quantitative estimate of drug-likeness (QED) is 0.896. The molecular weight excluding hydrogens is 242 g/mol. The molecule has 1 atom stereocenters. The lowest BCUT2D eigenvalue weighted by molar-refractivity contribution is 0.651. The maximum absolute atomic E-state index is 4.44. The molecule has 0 aliphatic heterocycles. The maximum atomic E-state index is 4.44. The molecular formula is C14H19N3S. The number of hydrogen-bond donors (Lipinski definition) is 1. The van der Waals surface area contributed by atoms with Gasteiger partial charge in [0.2, 0.25) is 0 Å². The maximum Gasteiger partial charge on any atom is 0.128 e. The highest BCUT2D eigenvalue weighted by Gasteiger charge is 2.08. The summed E-state index contributed by atoms with van der Waals surface area (Å²) in [4.78, 5) is 7.97. The zero-order valence-corrected chi connectivity index (χ0v) is 11.9. The van der Waals surface area contributed by atoms with E-state index in [0.29, 0.717) is 6.04 Å². The summed E-state index contributed by atoms with van der Waals surface area (Å²) in [6.45, 7) is 3.06. The summed E-state index contributed by atoms with van der Waals surface area (Å²) in [5, 5.41) is 5.36. The third-order valence-corrected chi connectivity index (χ3v) is 3.93. The molecule has 0 spiro atoms. The van der Waals surface area contributed by atoms with Gasteiger partial charge in [-0.05, 0) is 43.1 Å². The van der Waals surface area contributed by atoms with Crippen LogP contribution in [0.4, 0.5) is 5.82 Å². The third kappa shape index (κ3) is 3.09. The van der Waals surface area contributed by atoms with Gasteiger partial charge in [0.15, 0.2) is 0 Å². The highest BCUT2D eigenvalue weighted by Crippen LogP contribution is 2.19. The number of nitrogens with one attached hydrogen (secondary N) is 1. The second kappa shape index (κ2) is 5.98. The van der Waals surface area contributed by atoms with Crippen molar-refractivity contribution in [1.29, 1.82) is 0 Å². The van der Waals surface area contributed by atoms with Gasteiger partial charge in [0.1, 0.15) is 5.82 Å².